The van der Waals surface area contributed by atoms with E-state index in [1.165, 1.54) is 11.1 Å². The van der Waals surface area contributed by atoms with Crippen molar-refractivity contribution >= 4 is 17.9 Å². The predicted molar refractivity (Wildman–Crippen MR) is 110 cm³/mol. The van der Waals surface area contributed by atoms with E-state index in [0.29, 0.717) is 13.1 Å². The molecule has 2 aromatic carbocycles. The van der Waals surface area contributed by atoms with Crippen LogP contribution in [0.2, 0.25) is 0 Å². The van der Waals surface area contributed by atoms with Crippen LogP contribution >= 0.6 is 0 Å². The Kier molecular flexibility index (Phi) is 5.85. The van der Waals surface area contributed by atoms with Crippen LogP contribution < -0.4 is 0 Å². The third-order valence-electron chi connectivity index (χ3n) is 5.00. The second-order valence-corrected chi connectivity index (χ2v) is 6.95. The van der Waals surface area contributed by atoms with Crippen LogP contribution in [0.25, 0.3) is 12.2 Å². The summed E-state index contributed by atoms with van der Waals surface area (Å²) >= 11 is 0. The van der Waals surface area contributed by atoms with E-state index in [9.17, 15) is 4.79 Å². The van der Waals surface area contributed by atoms with Gasteiger partial charge in [0.1, 0.15) is 0 Å². The number of likely N-dealkylation sites (tertiary alicyclic amines) is 1. The van der Waals surface area contributed by atoms with Gasteiger partial charge in [0.15, 0.2) is 5.78 Å². The van der Waals surface area contributed by atoms with Crippen LogP contribution in [-0.4, -0.2) is 30.8 Å². The van der Waals surface area contributed by atoms with Crippen molar-refractivity contribution in [1.82, 2.24) is 4.90 Å². The Labute approximate surface area is 156 Å². The Bertz CT molecular complexity index is 791. The molecule has 1 fully saturated rings. The Hall–Kier alpha value is -2.45. The Morgan fingerprint density at radius 2 is 1.23 bits per heavy atom. The second-order valence-electron chi connectivity index (χ2n) is 6.95. The molecule has 1 saturated heterocycles. The molecular formula is C24H27NO. The van der Waals surface area contributed by atoms with E-state index in [-0.39, 0.29) is 5.78 Å². The summed E-state index contributed by atoms with van der Waals surface area (Å²) in [7, 11) is 2.07. The molecule has 2 heteroatoms. The van der Waals surface area contributed by atoms with Crippen LogP contribution in [0.5, 0.6) is 0 Å². The zero-order valence-corrected chi connectivity index (χ0v) is 16.0. The summed E-state index contributed by atoms with van der Waals surface area (Å²) in [6, 6.07) is 16.7. The maximum Gasteiger partial charge on any atom is 0.187 e. The molecule has 2 aromatic rings. The summed E-state index contributed by atoms with van der Waals surface area (Å²) in [4.78, 5) is 15.3. The zero-order valence-electron chi connectivity index (χ0n) is 16.0. The average Bonchev–Trinajstić information content (AvgIpc) is 2.66. The molecule has 0 saturated carbocycles. The molecule has 0 amide bonds. The van der Waals surface area contributed by atoms with Crippen LogP contribution in [0.4, 0.5) is 0 Å². The number of rotatable bonds is 4. The lowest BCUT2D eigenvalue weighted by Gasteiger charge is -2.26. The summed E-state index contributed by atoms with van der Waals surface area (Å²) in [5.41, 5.74) is 6.62. The molecule has 26 heavy (non-hydrogen) atoms. The van der Waals surface area contributed by atoms with Crippen LogP contribution in [0.15, 0.2) is 59.7 Å². The first-order valence-electron chi connectivity index (χ1n) is 9.42. The van der Waals surface area contributed by atoms with Crippen LogP contribution in [-0.2, 0) is 17.6 Å². The molecule has 134 valence electrons. The number of hydrogen-bond acceptors (Lipinski definition) is 2. The van der Waals surface area contributed by atoms with Gasteiger partial charge in [-0.25, -0.2) is 0 Å². The lowest BCUT2D eigenvalue weighted by Crippen LogP contribution is -2.34. The molecule has 0 aliphatic carbocycles. The molecule has 0 N–H and O–H groups in total. The minimum Gasteiger partial charge on any atom is -0.298 e. The van der Waals surface area contributed by atoms with Crippen LogP contribution in [0.3, 0.4) is 0 Å². The lowest BCUT2D eigenvalue weighted by atomic mass is 9.92. The molecule has 0 atom stereocenters. The van der Waals surface area contributed by atoms with Crippen molar-refractivity contribution in [1.29, 1.82) is 0 Å². The Morgan fingerprint density at radius 1 is 0.808 bits per heavy atom. The number of likely N-dealkylation sites (N-methyl/N-ethyl adjacent to an activating group) is 1. The molecule has 1 aliphatic heterocycles. The highest BCUT2D eigenvalue weighted by Gasteiger charge is 2.24. The third-order valence-corrected chi connectivity index (χ3v) is 5.00. The molecule has 2 nitrogen and oxygen atoms in total. The number of carbonyl (C=O) groups is 1. The van der Waals surface area contributed by atoms with Crippen molar-refractivity contribution < 1.29 is 4.79 Å². The minimum absolute atomic E-state index is 0.180. The number of ketones is 1. The first-order valence-corrected chi connectivity index (χ1v) is 9.42. The highest BCUT2D eigenvalue weighted by molar-refractivity contribution is 6.14. The summed E-state index contributed by atoms with van der Waals surface area (Å²) in [5, 5.41) is 0. The number of carbonyl (C=O) groups excluding carboxylic acids is 1. The monoisotopic (exact) mass is 345 g/mol. The summed E-state index contributed by atoms with van der Waals surface area (Å²) in [5.74, 6) is 0.180. The largest absolute Gasteiger partial charge is 0.298 e. The van der Waals surface area contributed by atoms with Gasteiger partial charge in [-0.1, -0.05) is 62.4 Å². The SMILES string of the molecule is CCc1ccccc1C=C1CN(C)CC(=Cc2ccccc2CC)C1=O. The standard InChI is InChI=1S/C24H27NO/c1-4-18-10-6-8-12-20(18)14-22-16-25(3)17-23(24(22)26)15-21-13-9-7-11-19(21)5-2/h6-15H,4-5,16-17H2,1-3H3. The lowest BCUT2D eigenvalue weighted by molar-refractivity contribution is -0.113. The number of nitrogens with zero attached hydrogens (tertiary/aromatic N) is 1. The Morgan fingerprint density at radius 3 is 1.65 bits per heavy atom. The smallest absolute Gasteiger partial charge is 0.187 e. The highest BCUT2D eigenvalue weighted by atomic mass is 16.1. The first-order chi connectivity index (χ1) is 12.6. The number of Topliss-reactive ketones (excluding diaryl/α,β-unsaturated/α-hetero) is 1. The van der Waals surface area contributed by atoms with Crippen molar-refractivity contribution in [3.05, 3.63) is 81.9 Å². The van der Waals surface area contributed by atoms with Gasteiger partial charge in [0, 0.05) is 24.2 Å². The number of aryl methyl sites for hydroxylation is 2. The van der Waals surface area contributed by atoms with E-state index in [0.717, 1.165) is 35.1 Å². The number of hydrogen-bond donors (Lipinski definition) is 0. The highest BCUT2D eigenvalue weighted by Crippen LogP contribution is 2.23. The van der Waals surface area contributed by atoms with E-state index in [1.54, 1.807) is 0 Å². The third kappa shape index (κ3) is 4.03. The van der Waals surface area contributed by atoms with Crippen molar-refractivity contribution in [3.8, 4) is 0 Å². The number of piperidine rings is 1. The van der Waals surface area contributed by atoms with Gasteiger partial charge in [-0.15, -0.1) is 0 Å². The van der Waals surface area contributed by atoms with E-state index < -0.39 is 0 Å². The maximum absolute atomic E-state index is 13.1. The van der Waals surface area contributed by atoms with Crippen LogP contribution in [0.1, 0.15) is 36.1 Å². The fourth-order valence-corrected chi connectivity index (χ4v) is 3.58. The first kappa shape index (κ1) is 18.3. The van der Waals surface area contributed by atoms with Crippen molar-refractivity contribution in [2.45, 2.75) is 26.7 Å². The van der Waals surface area contributed by atoms with Gasteiger partial charge in [-0.05, 0) is 54.3 Å². The van der Waals surface area contributed by atoms with Gasteiger partial charge in [-0.2, -0.15) is 0 Å². The molecule has 0 unspecified atom stereocenters. The fourth-order valence-electron chi connectivity index (χ4n) is 3.58. The summed E-state index contributed by atoms with van der Waals surface area (Å²) in [6.07, 6.45) is 6.10. The Balaban J connectivity index is 1.98. The topological polar surface area (TPSA) is 20.3 Å². The molecule has 3 rings (SSSR count). The van der Waals surface area contributed by atoms with Crippen molar-refractivity contribution in [2.75, 3.05) is 20.1 Å². The van der Waals surface area contributed by atoms with Crippen LogP contribution in [0, 0.1) is 0 Å². The van der Waals surface area contributed by atoms with E-state index in [1.807, 2.05) is 12.1 Å². The fraction of sp³-hybridized carbons (Fsp3) is 0.292. The molecule has 1 heterocycles. The molecular weight excluding hydrogens is 318 g/mol. The summed E-state index contributed by atoms with van der Waals surface area (Å²) < 4.78 is 0. The molecule has 1 aliphatic rings. The zero-order chi connectivity index (χ0) is 18.5. The molecule has 0 spiro atoms. The molecule has 0 aromatic heterocycles. The van der Waals surface area contributed by atoms with Gasteiger partial charge < -0.3 is 0 Å². The van der Waals surface area contributed by atoms with Gasteiger partial charge in [-0.3, -0.25) is 9.69 Å². The van der Waals surface area contributed by atoms with Gasteiger partial charge in [0.2, 0.25) is 0 Å². The van der Waals surface area contributed by atoms with E-state index >= 15 is 0 Å². The maximum atomic E-state index is 13.1. The molecule has 0 bridgehead atoms. The average molecular weight is 345 g/mol. The minimum atomic E-state index is 0.180. The predicted octanol–water partition coefficient (Wildman–Crippen LogP) is 4.79. The van der Waals surface area contributed by atoms with Gasteiger partial charge in [0.25, 0.3) is 0 Å². The van der Waals surface area contributed by atoms with Gasteiger partial charge in [0.05, 0.1) is 0 Å². The summed E-state index contributed by atoms with van der Waals surface area (Å²) in [6.45, 7) is 5.70. The number of benzene rings is 2. The van der Waals surface area contributed by atoms with E-state index in [4.69, 9.17) is 0 Å². The van der Waals surface area contributed by atoms with Crippen molar-refractivity contribution in [2.24, 2.45) is 0 Å². The van der Waals surface area contributed by atoms with Crippen molar-refractivity contribution in [3.63, 3.8) is 0 Å². The van der Waals surface area contributed by atoms with Gasteiger partial charge >= 0.3 is 0 Å². The molecule has 0 radical (unpaired) electrons. The van der Waals surface area contributed by atoms with E-state index in [2.05, 4.69) is 74.3 Å². The normalized spacial score (nSPS) is 18.7. The second kappa shape index (κ2) is 8.29. The quantitative estimate of drug-likeness (QED) is 0.742.